The highest BCUT2D eigenvalue weighted by molar-refractivity contribution is 5.75. The van der Waals surface area contributed by atoms with Gasteiger partial charge in [-0.25, -0.2) is 13.2 Å². The minimum atomic E-state index is -1.60. The first-order chi connectivity index (χ1) is 8.32. The van der Waals surface area contributed by atoms with Crippen molar-refractivity contribution in [3.05, 3.63) is 35.1 Å². The van der Waals surface area contributed by atoms with Crippen molar-refractivity contribution in [2.24, 2.45) is 5.92 Å². The first-order valence-corrected chi connectivity index (χ1v) is 5.43. The van der Waals surface area contributed by atoms with E-state index in [9.17, 15) is 18.0 Å². The summed E-state index contributed by atoms with van der Waals surface area (Å²) in [6.45, 7) is 4.08. The highest BCUT2D eigenvalue weighted by atomic mass is 19.2. The Balaban J connectivity index is 3.03. The molecule has 0 saturated heterocycles. The molecule has 0 bridgehead atoms. The number of carbonyl (C=O) groups is 1. The number of hydrogen-bond acceptors (Lipinski definition) is 2. The predicted octanol–water partition coefficient (Wildman–Crippen LogP) is 2.48. The summed E-state index contributed by atoms with van der Waals surface area (Å²) in [5, 5.41) is 11.6. The van der Waals surface area contributed by atoms with Crippen LogP contribution in [0.15, 0.2) is 12.1 Å². The largest absolute Gasteiger partial charge is 0.480 e. The Morgan fingerprint density at radius 1 is 1.28 bits per heavy atom. The molecule has 3 nitrogen and oxygen atoms in total. The van der Waals surface area contributed by atoms with E-state index in [1.54, 1.807) is 0 Å². The van der Waals surface area contributed by atoms with Crippen LogP contribution in [-0.4, -0.2) is 17.6 Å². The van der Waals surface area contributed by atoms with E-state index in [-0.39, 0.29) is 11.5 Å². The second-order valence-corrected chi connectivity index (χ2v) is 4.37. The molecule has 0 aromatic heterocycles. The fraction of sp³-hybridized carbons (Fsp3) is 0.417. The molecule has 0 aliphatic carbocycles. The number of aliphatic carboxylic acids is 1. The van der Waals surface area contributed by atoms with Crippen LogP contribution in [0.3, 0.4) is 0 Å². The standard InChI is InChI=1S/C12H14F3NO2/c1-6(2)5-16-11(12(17)18)7-3-8(13)10(15)9(14)4-7/h3-4,6,11,16H,5H2,1-2H3,(H,17,18). The van der Waals surface area contributed by atoms with Crippen LogP contribution in [-0.2, 0) is 4.79 Å². The lowest BCUT2D eigenvalue weighted by atomic mass is 10.1. The average Bonchev–Trinajstić information content (AvgIpc) is 2.25. The van der Waals surface area contributed by atoms with Gasteiger partial charge in [-0.05, 0) is 30.2 Å². The highest BCUT2D eigenvalue weighted by Crippen LogP contribution is 2.20. The fourth-order valence-electron chi connectivity index (χ4n) is 1.44. The van der Waals surface area contributed by atoms with E-state index < -0.39 is 29.5 Å². The van der Waals surface area contributed by atoms with Crippen molar-refractivity contribution in [1.29, 1.82) is 0 Å². The maximum absolute atomic E-state index is 13.0. The van der Waals surface area contributed by atoms with Gasteiger partial charge in [0.25, 0.3) is 0 Å². The molecule has 0 radical (unpaired) electrons. The molecule has 1 unspecified atom stereocenters. The van der Waals surface area contributed by atoms with Crippen molar-refractivity contribution in [2.45, 2.75) is 19.9 Å². The number of hydrogen-bond donors (Lipinski definition) is 2. The van der Waals surface area contributed by atoms with Crippen molar-refractivity contribution in [3.8, 4) is 0 Å². The second kappa shape index (κ2) is 5.86. The van der Waals surface area contributed by atoms with E-state index in [4.69, 9.17) is 5.11 Å². The number of halogens is 3. The second-order valence-electron chi connectivity index (χ2n) is 4.37. The van der Waals surface area contributed by atoms with Gasteiger partial charge >= 0.3 is 5.97 Å². The van der Waals surface area contributed by atoms with Crippen LogP contribution in [0.1, 0.15) is 25.5 Å². The lowest BCUT2D eigenvalue weighted by molar-refractivity contribution is -0.139. The van der Waals surface area contributed by atoms with Crippen LogP contribution >= 0.6 is 0 Å². The maximum atomic E-state index is 13.0. The van der Waals surface area contributed by atoms with Gasteiger partial charge in [0.2, 0.25) is 0 Å². The lowest BCUT2D eigenvalue weighted by Gasteiger charge is -2.16. The van der Waals surface area contributed by atoms with Gasteiger partial charge in [0.05, 0.1) is 0 Å². The summed E-state index contributed by atoms with van der Waals surface area (Å²) in [6, 6.07) is 0.103. The molecule has 2 N–H and O–H groups in total. The molecule has 1 aromatic rings. The van der Waals surface area contributed by atoms with Gasteiger partial charge < -0.3 is 10.4 Å². The summed E-state index contributed by atoms with van der Waals surface area (Å²) in [5.74, 6) is -5.51. The summed E-state index contributed by atoms with van der Waals surface area (Å²) < 4.78 is 38.8. The van der Waals surface area contributed by atoms with E-state index in [0.717, 1.165) is 0 Å². The molecule has 6 heteroatoms. The Kier molecular flexibility index (Phi) is 4.72. The SMILES string of the molecule is CC(C)CNC(C(=O)O)c1cc(F)c(F)c(F)c1. The van der Waals surface area contributed by atoms with Crippen LogP contribution in [0.25, 0.3) is 0 Å². The molecule has 1 aromatic carbocycles. The van der Waals surface area contributed by atoms with Crippen LogP contribution in [0, 0.1) is 23.4 Å². The van der Waals surface area contributed by atoms with E-state index >= 15 is 0 Å². The van der Waals surface area contributed by atoms with Crippen molar-refractivity contribution in [3.63, 3.8) is 0 Å². The molecule has 0 aliphatic heterocycles. The number of carboxylic acids is 1. The zero-order valence-electron chi connectivity index (χ0n) is 10.0. The Labute approximate surface area is 103 Å². The quantitative estimate of drug-likeness (QED) is 0.800. The van der Waals surface area contributed by atoms with Crippen molar-refractivity contribution in [1.82, 2.24) is 5.32 Å². The van der Waals surface area contributed by atoms with E-state index in [0.29, 0.717) is 18.7 Å². The number of rotatable bonds is 5. The van der Waals surface area contributed by atoms with E-state index in [1.807, 2.05) is 13.8 Å². The van der Waals surface area contributed by atoms with E-state index in [2.05, 4.69) is 5.32 Å². The predicted molar refractivity (Wildman–Crippen MR) is 59.5 cm³/mol. The monoisotopic (exact) mass is 261 g/mol. The van der Waals surface area contributed by atoms with Gasteiger partial charge in [-0.3, -0.25) is 4.79 Å². The molecule has 0 saturated carbocycles. The maximum Gasteiger partial charge on any atom is 0.325 e. The van der Waals surface area contributed by atoms with Crippen LogP contribution in [0.5, 0.6) is 0 Å². The molecule has 0 fully saturated rings. The molecule has 18 heavy (non-hydrogen) atoms. The van der Waals surface area contributed by atoms with Crippen LogP contribution in [0.2, 0.25) is 0 Å². The summed E-state index contributed by atoms with van der Waals surface area (Å²) in [7, 11) is 0. The molecular formula is C12H14F3NO2. The summed E-state index contributed by atoms with van der Waals surface area (Å²) in [5.41, 5.74) is -0.153. The molecule has 0 heterocycles. The van der Waals surface area contributed by atoms with Crippen molar-refractivity contribution < 1.29 is 23.1 Å². The first-order valence-electron chi connectivity index (χ1n) is 5.43. The molecule has 1 atom stereocenters. The minimum Gasteiger partial charge on any atom is -0.480 e. The third kappa shape index (κ3) is 3.46. The Bertz CT molecular complexity index is 426. The third-order valence-corrected chi connectivity index (χ3v) is 2.32. The normalized spacial score (nSPS) is 12.8. The minimum absolute atomic E-state index is 0.153. The fourth-order valence-corrected chi connectivity index (χ4v) is 1.44. The van der Waals surface area contributed by atoms with Gasteiger partial charge in [-0.1, -0.05) is 13.8 Å². The molecule has 100 valence electrons. The summed E-state index contributed by atoms with van der Waals surface area (Å²) in [6.07, 6.45) is 0. The Morgan fingerprint density at radius 2 is 1.78 bits per heavy atom. The number of nitrogens with one attached hydrogen (secondary N) is 1. The van der Waals surface area contributed by atoms with Crippen molar-refractivity contribution >= 4 is 5.97 Å². The third-order valence-electron chi connectivity index (χ3n) is 2.32. The molecule has 0 aliphatic rings. The topological polar surface area (TPSA) is 49.3 Å². The lowest BCUT2D eigenvalue weighted by Crippen LogP contribution is -2.31. The average molecular weight is 261 g/mol. The molecule has 1 rings (SSSR count). The van der Waals surface area contributed by atoms with Gasteiger partial charge in [-0.2, -0.15) is 0 Å². The van der Waals surface area contributed by atoms with Crippen LogP contribution in [0.4, 0.5) is 13.2 Å². The zero-order valence-corrected chi connectivity index (χ0v) is 10.0. The number of carboxylic acid groups (broad SMARTS) is 1. The molecule has 0 amide bonds. The van der Waals surface area contributed by atoms with Crippen molar-refractivity contribution in [2.75, 3.05) is 6.54 Å². The highest BCUT2D eigenvalue weighted by Gasteiger charge is 2.22. The number of benzene rings is 1. The summed E-state index contributed by atoms with van der Waals surface area (Å²) >= 11 is 0. The van der Waals surface area contributed by atoms with Gasteiger partial charge in [0.1, 0.15) is 6.04 Å². The Hall–Kier alpha value is -1.56. The molecule has 0 spiro atoms. The van der Waals surface area contributed by atoms with Gasteiger partial charge in [-0.15, -0.1) is 0 Å². The zero-order chi connectivity index (χ0) is 13.9. The Morgan fingerprint density at radius 3 is 2.17 bits per heavy atom. The van der Waals surface area contributed by atoms with Gasteiger partial charge in [0, 0.05) is 0 Å². The van der Waals surface area contributed by atoms with Gasteiger partial charge in [0.15, 0.2) is 17.5 Å². The molecular weight excluding hydrogens is 247 g/mol. The van der Waals surface area contributed by atoms with E-state index in [1.165, 1.54) is 0 Å². The van der Waals surface area contributed by atoms with Crippen LogP contribution < -0.4 is 5.32 Å². The smallest absolute Gasteiger partial charge is 0.325 e. The summed E-state index contributed by atoms with van der Waals surface area (Å²) in [4.78, 5) is 11.0. The first kappa shape index (κ1) is 14.5.